The van der Waals surface area contributed by atoms with Crippen LogP contribution in [0.1, 0.15) is 5.76 Å². The third-order valence-electron chi connectivity index (χ3n) is 1.36. The van der Waals surface area contributed by atoms with Gasteiger partial charge in [-0.25, -0.2) is 8.42 Å². The van der Waals surface area contributed by atoms with Crippen LogP contribution in [-0.2, 0) is 15.5 Å². The molecule has 0 amide bonds. The Morgan fingerprint density at radius 1 is 1.46 bits per heavy atom. The Kier molecular flexibility index (Phi) is 3.57. The minimum absolute atomic E-state index is 0.144. The summed E-state index contributed by atoms with van der Waals surface area (Å²) in [5, 5.41) is 0. The van der Waals surface area contributed by atoms with Crippen molar-refractivity contribution < 1.29 is 12.8 Å². The van der Waals surface area contributed by atoms with Crippen molar-refractivity contribution in [3.05, 3.63) is 36.3 Å². The Morgan fingerprint density at radius 3 is 2.77 bits per heavy atom. The minimum Gasteiger partial charge on any atom is -0.469 e. The average molecular weight is 221 g/mol. The molecule has 0 saturated heterocycles. The predicted molar refractivity (Wildman–Crippen MR) is 51.2 cm³/mol. The maximum absolute atomic E-state index is 10.5. The monoisotopic (exact) mass is 220 g/mol. The molecule has 0 unspecified atom stereocenters. The molecule has 0 atom stereocenters. The van der Waals surface area contributed by atoms with Crippen molar-refractivity contribution in [1.82, 2.24) is 0 Å². The molecule has 0 N–H and O–H groups in total. The summed E-state index contributed by atoms with van der Waals surface area (Å²) in [7, 11) is 1.58. The smallest absolute Gasteiger partial charge is 0.236 e. The van der Waals surface area contributed by atoms with E-state index in [1.807, 2.05) is 6.07 Å². The molecule has 0 aliphatic rings. The first-order valence-corrected chi connectivity index (χ1v) is 6.15. The van der Waals surface area contributed by atoms with Crippen LogP contribution in [0.3, 0.4) is 0 Å². The van der Waals surface area contributed by atoms with Crippen LogP contribution in [0.5, 0.6) is 0 Å². The van der Waals surface area contributed by atoms with Gasteiger partial charge in [-0.3, -0.25) is 0 Å². The average Bonchev–Trinajstić information content (AvgIpc) is 2.48. The van der Waals surface area contributed by atoms with Crippen molar-refractivity contribution >= 4 is 19.7 Å². The molecule has 0 spiro atoms. The van der Waals surface area contributed by atoms with Crippen LogP contribution in [0, 0.1) is 0 Å². The molecule has 1 aromatic heterocycles. The van der Waals surface area contributed by atoms with Crippen LogP contribution in [0.4, 0.5) is 0 Å². The van der Waals surface area contributed by atoms with E-state index < -0.39 is 9.05 Å². The lowest BCUT2D eigenvalue weighted by Gasteiger charge is -1.88. The molecule has 0 aliphatic heterocycles. The summed E-state index contributed by atoms with van der Waals surface area (Å²) < 4.78 is 26.0. The zero-order valence-electron chi connectivity index (χ0n) is 6.81. The predicted octanol–water partition coefficient (Wildman–Crippen LogP) is 1.95. The van der Waals surface area contributed by atoms with Gasteiger partial charge in [-0.2, -0.15) is 0 Å². The van der Waals surface area contributed by atoms with E-state index in [0.717, 1.165) is 5.76 Å². The standard InChI is InChI=1S/C8H9ClO3S/c9-13(10,11)7-2-1-4-8-5-3-6-12-8/h1-3,5-6H,4,7H2/b2-1-. The lowest BCUT2D eigenvalue weighted by atomic mass is 10.3. The first-order valence-electron chi connectivity index (χ1n) is 3.67. The third kappa shape index (κ3) is 4.75. The van der Waals surface area contributed by atoms with Gasteiger partial charge in [0.05, 0.1) is 12.0 Å². The van der Waals surface area contributed by atoms with Crippen LogP contribution >= 0.6 is 10.7 Å². The number of hydrogen-bond acceptors (Lipinski definition) is 3. The number of halogens is 1. The summed E-state index contributed by atoms with van der Waals surface area (Å²) >= 11 is 0. The van der Waals surface area contributed by atoms with Crippen LogP contribution in [0.25, 0.3) is 0 Å². The van der Waals surface area contributed by atoms with Gasteiger partial charge in [-0.15, -0.1) is 0 Å². The van der Waals surface area contributed by atoms with Crippen LogP contribution < -0.4 is 0 Å². The van der Waals surface area contributed by atoms with E-state index in [-0.39, 0.29) is 5.75 Å². The summed E-state index contributed by atoms with van der Waals surface area (Å²) in [6, 6.07) is 3.60. The normalized spacial score (nSPS) is 12.4. The zero-order valence-corrected chi connectivity index (χ0v) is 8.38. The van der Waals surface area contributed by atoms with E-state index in [0.29, 0.717) is 6.42 Å². The second-order valence-corrected chi connectivity index (χ2v) is 5.28. The quantitative estimate of drug-likeness (QED) is 0.576. The van der Waals surface area contributed by atoms with Crippen molar-refractivity contribution in [3.63, 3.8) is 0 Å². The number of rotatable bonds is 4. The molecule has 1 heterocycles. The fourth-order valence-electron chi connectivity index (χ4n) is 0.811. The van der Waals surface area contributed by atoms with Crippen LogP contribution in [-0.4, -0.2) is 14.2 Å². The molecule has 3 nitrogen and oxygen atoms in total. The molecule has 0 aromatic carbocycles. The minimum atomic E-state index is -3.41. The molecular weight excluding hydrogens is 212 g/mol. The fourth-order valence-corrected chi connectivity index (χ4v) is 1.40. The van der Waals surface area contributed by atoms with Crippen molar-refractivity contribution in [2.24, 2.45) is 0 Å². The Morgan fingerprint density at radius 2 is 2.23 bits per heavy atom. The maximum atomic E-state index is 10.5. The van der Waals surface area contributed by atoms with Gasteiger partial charge in [0.1, 0.15) is 5.76 Å². The highest BCUT2D eigenvalue weighted by atomic mass is 35.7. The molecule has 5 heteroatoms. The first-order chi connectivity index (χ1) is 6.08. The number of furan rings is 1. The lowest BCUT2D eigenvalue weighted by molar-refractivity contribution is 0.523. The largest absolute Gasteiger partial charge is 0.469 e. The summed E-state index contributed by atoms with van der Waals surface area (Å²) in [4.78, 5) is 0. The Bertz CT molecular complexity index is 364. The lowest BCUT2D eigenvalue weighted by Crippen LogP contribution is -1.92. The van der Waals surface area contributed by atoms with Crippen molar-refractivity contribution in [2.45, 2.75) is 6.42 Å². The van der Waals surface area contributed by atoms with E-state index in [1.54, 1.807) is 18.4 Å². The number of allylic oxidation sites excluding steroid dienone is 1. The molecule has 0 saturated carbocycles. The molecule has 0 aliphatic carbocycles. The third-order valence-corrected chi connectivity index (χ3v) is 2.33. The van der Waals surface area contributed by atoms with Gasteiger partial charge in [0.25, 0.3) is 0 Å². The molecule has 13 heavy (non-hydrogen) atoms. The molecule has 1 aromatic rings. The van der Waals surface area contributed by atoms with Crippen molar-refractivity contribution in [1.29, 1.82) is 0 Å². The molecule has 0 radical (unpaired) electrons. The summed E-state index contributed by atoms with van der Waals surface area (Å²) in [5.74, 6) is 0.651. The molecule has 0 fully saturated rings. The highest BCUT2D eigenvalue weighted by Crippen LogP contribution is 2.02. The highest BCUT2D eigenvalue weighted by Gasteiger charge is 1.99. The highest BCUT2D eigenvalue weighted by molar-refractivity contribution is 8.13. The molecular formula is C8H9ClO3S. The second-order valence-electron chi connectivity index (χ2n) is 2.46. The van der Waals surface area contributed by atoms with Gasteiger partial charge in [0.2, 0.25) is 9.05 Å². The topological polar surface area (TPSA) is 47.3 Å². The van der Waals surface area contributed by atoms with Gasteiger partial charge in [0, 0.05) is 17.1 Å². The van der Waals surface area contributed by atoms with Gasteiger partial charge < -0.3 is 4.42 Å². The Balaban J connectivity index is 2.35. The summed E-state index contributed by atoms with van der Waals surface area (Å²) in [6.07, 6.45) is 5.37. The summed E-state index contributed by atoms with van der Waals surface area (Å²) in [6.45, 7) is 0. The summed E-state index contributed by atoms with van der Waals surface area (Å²) in [5.41, 5.74) is 0. The zero-order chi connectivity index (χ0) is 9.73. The molecule has 72 valence electrons. The number of hydrogen-bond donors (Lipinski definition) is 0. The first kappa shape index (κ1) is 10.3. The maximum Gasteiger partial charge on any atom is 0.236 e. The Labute approximate surface area is 81.4 Å². The van der Waals surface area contributed by atoms with Gasteiger partial charge in [0.15, 0.2) is 0 Å². The fraction of sp³-hybridized carbons (Fsp3) is 0.250. The SMILES string of the molecule is O=S(=O)(Cl)C/C=C\Cc1ccco1. The van der Waals surface area contributed by atoms with Gasteiger partial charge in [-0.1, -0.05) is 12.2 Å². The van der Waals surface area contributed by atoms with Crippen molar-refractivity contribution in [3.8, 4) is 0 Å². The van der Waals surface area contributed by atoms with E-state index in [2.05, 4.69) is 0 Å². The molecule has 0 bridgehead atoms. The van der Waals surface area contributed by atoms with Gasteiger partial charge in [-0.05, 0) is 12.1 Å². The molecule has 1 rings (SSSR count). The Hall–Kier alpha value is -0.740. The van der Waals surface area contributed by atoms with E-state index in [4.69, 9.17) is 15.1 Å². The second kappa shape index (κ2) is 4.48. The van der Waals surface area contributed by atoms with E-state index in [1.165, 1.54) is 6.08 Å². The van der Waals surface area contributed by atoms with Crippen LogP contribution in [0.15, 0.2) is 35.0 Å². The van der Waals surface area contributed by atoms with E-state index in [9.17, 15) is 8.42 Å². The van der Waals surface area contributed by atoms with Gasteiger partial charge >= 0.3 is 0 Å². The van der Waals surface area contributed by atoms with Crippen LogP contribution in [0.2, 0.25) is 0 Å². The van der Waals surface area contributed by atoms with Crippen molar-refractivity contribution in [2.75, 3.05) is 5.75 Å². The van der Waals surface area contributed by atoms with E-state index >= 15 is 0 Å².